The van der Waals surface area contributed by atoms with Gasteiger partial charge >= 0.3 is 6.36 Å². The molecule has 3 heterocycles. The van der Waals surface area contributed by atoms with E-state index in [9.17, 15) is 22.4 Å². The second-order valence-electron chi connectivity index (χ2n) is 7.71. The third-order valence-corrected chi connectivity index (χ3v) is 5.60. The van der Waals surface area contributed by atoms with Gasteiger partial charge in [0.1, 0.15) is 17.9 Å². The minimum absolute atomic E-state index is 0.118. The summed E-state index contributed by atoms with van der Waals surface area (Å²) in [5.41, 5.74) is 2.19. The van der Waals surface area contributed by atoms with Crippen LogP contribution in [-0.4, -0.2) is 42.4 Å². The minimum atomic E-state index is -4.89. The largest absolute Gasteiger partial charge is 0.573 e. The smallest absolute Gasteiger partial charge is 0.406 e. The van der Waals surface area contributed by atoms with Gasteiger partial charge in [-0.05, 0) is 29.8 Å². The van der Waals surface area contributed by atoms with Gasteiger partial charge in [0.05, 0.1) is 18.6 Å². The first-order valence-corrected chi connectivity index (χ1v) is 9.61. The highest BCUT2D eigenvalue weighted by Crippen LogP contribution is 2.47. The van der Waals surface area contributed by atoms with Crippen molar-refractivity contribution in [1.82, 2.24) is 9.97 Å². The molecule has 0 unspecified atom stereocenters. The van der Waals surface area contributed by atoms with Crippen molar-refractivity contribution in [3.8, 4) is 16.9 Å². The van der Waals surface area contributed by atoms with E-state index in [0.717, 1.165) is 35.7 Å². The first kappa shape index (κ1) is 20.4. The van der Waals surface area contributed by atoms with Crippen molar-refractivity contribution in [3.63, 3.8) is 0 Å². The van der Waals surface area contributed by atoms with Crippen LogP contribution in [0.2, 0.25) is 0 Å². The number of alkyl halides is 3. The van der Waals surface area contributed by atoms with Crippen molar-refractivity contribution in [2.45, 2.75) is 11.8 Å². The highest BCUT2D eigenvalue weighted by atomic mass is 19.4. The molecule has 2 aliphatic heterocycles. The lowest BCUT2D eigenvalue weighted by molar-refractivity contribution is -0.274. The van der Waals surface area contributed by atoms with Crippen LogP contribution in [0.5, 0.6) is 5.75 Å². The number of carbonyl (C=O) groups excluding carboxylic acids is 1. The SMILES string of the molecule is O=Cc1ccc2c(c1)N(c1ncc(-c3cc(OC(F)(F)F)ccc3F)cn1)CC21COC1. The Labute approximate surface area is 179 Å². The summed E-state index contributed by atoms with van der Waals surface area (Å²) in [5.74, 6) is -0.951. The molecule has 0 aliphatic carbocycles. The van der Waals surface area contributed by atoms with Gasteiger partial charge in [0.2, 0.25) is 5.95 Å². The van der Waals surface area contributed by atoms with E-state index >= 15 is 0 Å². The highest BCUT2D eigenvalue weighted by Gasteiger charge is 2.49. The number of benzene rings is 2. The summed E-state index contributed by atoms with van der Waals surface area (Å²) in [6.07, 6.45) is -1.46. The second kappa shape index (κ2) is 7.27. The summed E-state index contributed by atoms with van der Waals surface area (Å²) >= 11 is 0. The Hall–Kier alpha value is -3.53. The maximum absolute atomic E-state index is 14.3. The predicted octanol–water partition coefficient (Wildman–Crippen LogP) is 4.41. The van der Waals surface area contributed by atoms with Gasteiger partial charge in [0, 0.05) is 41.3 Å². The maximum Gasteiger partial charge on any atom is 0.573 e. The molecule has 32 heavy (non-hydrogen) atoms. The summed E-state index contributed by atoms with van der Waals surface area (Å²) in [6, 6.07) is 8.14. The van der Waals surface area contributed by atoms with Gasteiger partial charge in [-0.1, -0.05) is 12.1 Å². The number of rotatable bonds is 4. The molecule has 1 spiro atoms. The quantitative estimate of drug-likeness (QED) is 0.438. The Morgan fingerprint density at radius 3 is 2.47 bits per heavy atom. The number of hydrogen-bond acceptors (Lipinski definition) is 6. The van der Waals surface area contributed by atoms with Gasteiger partial charge in [-0.25, -0.2) is 14.4 Å². The lowest BCUT2D eigenvalue weighted by Crippen LogP contribution is -2.49. The number of ether oxygens (including phenoxy) is 2. The van der Waals surface area contributed by atoms with Crippen LogP contribution in [0, 0.1) is 5.82 Å². The summed E-state index contributed by atoms with van der Waals surface area (Å²) < 4.78 is 61.1. The molecule has 0 bridgehead atoms. The van der Waals surface area contributed by atoms with Crippen LogP contribution in [-0.2, 0) is 10.2 Å². The van der Waals surface area contributed by atoms with Crippen molar-refractivity contribution in [2.75, 3.05) is 24.7 Å². The number of nitrogens with zero attached hydrogens (tertiary/aromatic N) is 3. The topological polar surface area (TPSA) is 64.6 Å². The average molecular weight is 445 g/mol. The normalized spacial score (nSPS) is 16.6. The van der Waals surface area contributed by atoms with E-state index in [1.54, 1.807) is 12.1 Å². The fraction of sp³-hybridized carbons (Fsp3) is 0.227. The molecule has 1 fully saturated rings. The molecule has 1 aromatic heterocycles. The zero-order valence-corrected chi connectivity index (χ0v) is 16.4. The van der Waals surface area contributed by atoms with Gasteiger partial charge in [-0.2, -0.15) is 0 Å². The molecule has 10 heteroatoms. The number of hydrogen-bond donors (Lipinski definition) is 0. The summed E-state index contributed by atoms with van der Waals surface area (Å²) in [4.78, 5) is 21.7. The molecule has 2 aliphatic rings. The second-order valence-corrected chi connectivity index (χ2v) is 7.71. The molecule has 5 rings (SSSR count). The molecular weight excluding hydrogens is 430 g/mol. The van der Waals surface area contributed by atoms with Crippen LogP contribution in [0.4, 0.5) is 29.2 Å². The number of fused-ring (bicyclic) bond motifs is 2. The predicted molar refractivity (Wildman–Crippen MR) is 105 cm³/mol. The average Bonchev–Trinajstić information content (AvgIpc) is 3.09. The molecule has 3 aromatic rings. The third-order valence-electron chi connectivity index (χ3n) is 5.60. The zero-order chi connectivity index (χ0) is 22.5. The standard InChI is InChI=1S/C22H15F4N3O3/c23-18-4-2-15(32-22(24,25)26)6-16(18)14-7-27-20(28-8-14)29-10-21(11-31-12-21)17-3-1-13(9-30)5-19(17)29/h1-9H,10-12H2. The van der Waals surface area contributed by atoms with Gasteiger partial charge in [0.15, 0.2) is 0 Å². The minimum Gasteiger partial charge on any atom is -0.406 e. The molecule has 0 radical (unpaired) electrons. The van der Waals surface area contributed by atoms with Crippen molar-refractivity contribution < 1.29 is 31.8 Å². The van der Waals surface area contributed by atoms with Crippen LogP contribution in [0.25, 0.3) is 11.1 Å². The van der Waals surface area contributed by atoms with Gasteiger partial charge in [-0.3, -0.25) is 4.79 Å². The molecule has 0 atom stereocenters. The van der Waals surface area contributed by atoms with Gasteiger partial charge in [-0.15, -0.1) is 13.2 Å². The van der Waals surface area contributed by atoms with Crippen LogP contribution in [0.3, 0.4) is 0 Å². The van der Waals surface area contributed by atoms with Crippen molar-refractivity contribution in [3.05, 3.63) is 65.7 Å². The molecule has 2 aromatic carbocycles. The molecule has 0 saturated carbocycles. The Bertz CT molecular complexity index is 1190. The molecule has 164 valence electrons. The number of carbonyl (C=O) groups is 1. The molecule has 6 nitrogen and oxygen atoms in total. The number of halogens is 4. The molecule has 0 N–H and O–H groups in total. The molecule has 0 amide bonds. The van der Waals surface area contributed by atoms with E-state index in [1.807, 2.05) is 11.0 Å². The lowest BCUT2D eigenvalue weighted by atomic mass is 9.80. The maximum atomic E-state index is 14.3. The van der Waals surface area contributed by atoms with E-state index in [0.29, 0.717) is 31.3 Å². The first-order valence-electron chi connectivity index (χ1n) is 9.61. The number of anilines is 2. The van der Waals surface area contributed by atoms with Crippen LogP contribution < -0.4 is 9.64 Å². The number of aromatic nitrogens is 2. The zero-order valence-electron chi connectivity index (χ0n) is 16.4. The van der Waals surface area contributed by atoms with Gasteiger partial charge in [0.25, 0.3) is 0 Å². The van der Waals surface area contributed by atoms with Crippen LogP contribution in [0.1, 0.15) is 15.9 Å². The van der Waals surface area contributed by atoms with Crippen molar-refractivity contribution in [2.24, 2.45) is 0 Å². The van der Waals surface area contributed by atoms with E-state index in [1.165, 1.54) is 12.4 Å². The fourth-order valence-electron chi connectivity index (χ4n) is 4.06. The third kappa shape index (κ3) is 3.46. The van der Waals surface area contributed by atoms with E-state index in [4.69, 9.17) is 4.74 Å². The Balaban J connectivity index is 1.48. The first-order chi connectivity index (χ1) is 15.3. The summed E-state index contributed by atoms with van der Waals surface area (Å²) in [7, 11) is 0. The Morgan fingerprint density at radius 2 is 1.84 bits per heavy atom. The Kier molecular flexibility index (Phi) is 4.63. The lowest BCUT2D eigenvalue weighted by Gasteiger charge is -2.38. The Morgan fingerprint density at radius 1 is 1.09 bits per heavy atom. The highest BCUT2D eigenvalue weighted by molar-refractivity contribution is 5.81. The number of aldehydes is 1. The molecular formula is C22H15F4N3O3. The monoisotopic (exact) mass is 445 g/mol. The fourth-order valence-corrected chi connectivity index (χ4v) is 4.06. The van der Waals surface area contributed by atoms with Gasteiger partial charge < -0.3 is 14.4 Å². The van der Waals surface area contributed by atoms with Crippen molar-refractivity contribution in [1.29, 1.82) is 0 Å². The van der Waals surface area contributed by atoms with E-state index < -0.39 is 17.9 Å². The summed E-state index contributed by atoms with van der Waals surface area (Å²) in [6.45, 7) is 1.62. The van der Waals surface area contributed by atoms with Crippen LogP contribution in [0.15, 0.2) is 48.8 Å². The summed E-state index contributed by atoms with van der Waals surface area (Å²) in [5, 5.41) is 0. The van der Waals surface area contributed by atoms with Crippen LogP contribution >= 0.6 is 0 Å². The van der Waals surface area contributed by atoms with E-state index in [-0.39, 0.29) is 16.5 Å². The van der Waals surface area contributed by atoms with Crippen molar-refractivity contribution >= 4 is 17.9 Å². The molecule has 1 saturated heterocycles. The van der Waals surface area contributed by atoms with E-state index in [2.05, 4.69) is 14.7 Å².